The lowest BCUT2D eigenvalue weighted by atomic mass is 10.0. The predicted octanol–water partition coefficient (Wildman–Crippen LogP) is 0.386. The lowest BCUT2D eigenvalue weighted by molar-refractivity contribution is -0.256. The zero-order valence-electron chi connectivity index (χ0n) is 37.8. The van der Waals surface area contributed by atoms with Crippen LogP contribution in [0.25, 0.3) is 56.4 Å². The molecule has 370 valence electrons. The Bertz CT molecular complexity index is 3330. The second kappa shape index (κ2) is 26.2. The Morgan fingerprint density at radius 1 is 0.438 bits per heavy atom. The molecule has 3 aromatic heterocycles. The zero-order valence-corrected chi connectivity index (χ0v) is 37.8. The van der Waals surface area contributed by atoms with E-state index in [4.69, 9.17) is 1.34 Å². The van der Waals surface area contributed by atoms with Crippen molar-refractivity contribution in [2.75, 3.05) is 6.66 Å². The van der Waals surface area contributed by atoms with E-state index >= 15 is 0 Å². The van der Waals surface area contributed by atoms with Crippen LogP contribution in [-0.4, -0.2) is 107 Å². The Morgan fingerprint density at radius 3 is 0.973 bits per heavy atom. The van der Waals surface area contributed by atoms with E-state index in [9.17, 15) is 67.0 Å². The summed E-state index contributed by atoms with van der Waals surface area (Å²) in [6.45, 7) is 1.66. The molecule has 22 nitrogen and oxygen atoms in total. The van der Waals surface area contributed by atoms with Crippen LogP contribution < -0.4 is 25.5 Å². The van der Waals surface area contributed by atoms with E-state index in [1.807, 2.05) is 0 Å². The second-order valence-electron chi connectivity index (χ2n) is 13.9. The Labute approximate surface area is 410 Å². The first kappa shape index (κ1) is 52.5. The number of nitrogens with zero attached hydrogens (tertiary/aromatic N) is 9. The van der Waals surface area contributed by atoms with Crippen molar-refractivity contribution in [1.82, 2.24) is 61.9 Å². The van der Waals surface area contributed by atoms with Crippen molar-refractivity contribution in [2.45, 2.75) is 0 Å². The van der Waals surface area contributed by atoms with Crippen LogP contribution in [0, 0.1) is 17.5 Å². The molecule has 0 amide bonds. The first-order chi connectivity index (χ1) is 35.4. The SMILES string of the molecule is O=C([O-])c1ccc(-c2ccc(-c3nn[nH]n3)cc2)cc1F.O=C([O-])c1ccc(-c2ccc(C(=O)[O-])c(F)c2)cc1.O=C([O-])c1ccc(-c2nn[nH]n2)cc1.O=C([O-])c1ccc(-c2nn[nH]n2)cc1F.[2H]B(F)PC. The van der Waals surface area contributed by atoms with Gasteiger partial charge < -0.3 is 53.8 Å². The molecule has 0 aliphatic rings. The van der Waals surface area contributed by atoms with Gasteiger partial charge in [0.2, 0.25) is 17.5 Å². The van der Waals surface area contributed by atoms with Gasteiger partial charge in [-0.1, -0.05) is 97.7 Å². The molecule has 0 aliphatic carbocycles. The number of hydrogen-bond acceptors (Lipinski definition) is 19. The molecule has 9 aromatic rings. The summed E-state index contributed by atoms with van der Waals surface area (Å²) in [5.74, 6) is -8.73. The molecule has 3 N–H and O–H groups in total. The van der Waals surface area contributed by atoms with Crippen molar-refractivity contribution in [2.24, 2.45) is 0 Å². The molecule has 73 heavy (non-hydrogen) atoms. The molecule has 3 heterocycles. The van der Waals surface area contributed by atoms with Crippen molar-refractivity contribution < 1.29 is 67.0 Å². The summed E-state index contributed by atoms with van der Waals surface area (Å²) in [5.41, 5.74) is 2.77. The van der Waals surface area contributed by atoms with Gasteiger partial charge in [0, 0.05) is 34.7 Å². The maximum absolute atomic E-state index is 13.6. The number of tetrazole rings is 3. The van der Waals surface area contributed by atoms with Crippen LogP contribution in [0.2, 0.25) is 0 Å². The van der Waals surface area contributed by atoms with Gasteiger partial charge in [0.05, 0.1) is 29.8 Å². The molecule has 0 saturated carbocycles. The fourth-order valence-electron chi connectivity index (χ4n) is 5.76. The average molecular weight is 1020 g/mol. The highest BCUT2D eigenvalue weighted by Crippen LogP contribution is 2.25. The van der Waals surface area contributed by atoms with E-state index in [1.54, 1.807) is 43.1 Å². The van der Waals surface area contributed by atoms with Gasteiger partial charge in [0.25, 0.3) is 0 Å². The number of benzene rings is 6. The van der Waals surface area contributed by atoms with Gasteiger partial charge in [0.15, 0.2) is 0 Å². The molecule has 9 rings (SSSR count). The molecule has 0 radical (unpaired) electrons. The molecular weight excluding hydrogens is 986 g/mol. The number of aromatic amines is 3. The molecule has 1 unspecified atom stereocenters. The van der Waals surface area contributed by atoms with Gasteiger partial charge in [-0.3, -0.25) is 0 Å². The van der Waals surface area contributed by atoms with Crippen LogP contribution in [-0.2, 0) is 0 Å². The number of nitrogens with one attached hydrogen (secondary N) is 3. The van der Waals surface area contributed by atoms with E-state index < -0.39 is 71.2 Å². The summed E-state index contributed by atoms with van der Waals surface area (Å²) in [6, 6.07) is 29.7. The molecular formula is C45H29BF4N12O10P-5. The lowest BCUT2D eigenvalue weighted by Crippen LogP contribution is -2.23. The zero-order chi connectivity index (χ0) is 53.9. The third-order valence-corrected chi connectivity index (χ3v) is 9.50. The fourth-order valence-corrected chi connectivity index (χ4v) is 5.76. The van der Waals surface area contributed by atoms with E-state index in [-0.39, 0.29) is 25.4 Å². The molecule has 28 heteroatoms. The number of halogens is 4. The van der Waals surface area contributed by atoms with Crippen LogP contribution in [0.1, 0.15) is 51.8 Å². The van der Waals surface area contributed by atoms with Crippen LogP contribution >= 0.6 is 8.46 Å². The van der Waals surface area contributed by atoms with Crippen molar-refractivity contribution in [1.29, 1.82) is 1.34 Å². The highest BCUT2D eigenvalue weighted by atomic mass is 31.1. The Hall–Kier alpha value is -9.91. The standard InChI is InChI=1S/C14H9FN4O2.C14H9FO4.C8H5FN4O2.C8H6N4O2.CH5BFP/c15-12-7-10(5-6-11(12)14(20)21)8-1-3-9(4-2-8)13-16-18-19-17-13;15-12-7-10(5-6-11(12)14(18)19)8-1-3-9(4-2-8)13(16)17;9-6-3-4(7-10-12-13-11-7)1-2-5(6)8(14)15;13-8(14)6-3-1-5(2-4-6)7-9-11-12-10-7;1-4-2-3/h1-7H,(H,20,21)(H,16,17,18,19);1-7H,(H,16,17)(H,18,19);1-3H,(H,14,15)(H,10,11,12,13);1-4H,(H,13,14)(H,9,10,11,12);2,4H,1H3/p-5/i;;;;2D. The third-order valence-electron chi connectivity index (χ3n) is 9.28. The van der Waals surface area contributed by atoms with Gasteiger partial charge in [-0.25, -0.2) is 13.2 Å². The molecule has 0 aliphatic heterocycles. The minimum absolute atomic E-state index is 0.00979. The van der Waals surface area contributed by atoms with E-state index in [1.165, 1.54) is 60.7 Å². The van der Waals surface area contributed by atoms with Crippen molar-refractivity contribution in [3.8, 4) is 56.4 Å². The molecule has 6 aromatic carbocycles. The predicted molar refractivity (Wildman–Crippen MR) is 240 cm³/mol. The minimum Gasteiger partial charge on any atom is -0.545 e. The lowest BCUT2D eigenvalue weighted by Gasteiger charge is -2.08. The first-order valence-electron chi connectivity index (χ1n) is 20.7. The van der Waals surface area contributed by atoms with E-state index in [0.29, 0.717) is 39.5 Å². The van der Waals surface area contributed by atoms with Crippen molar-refractivity contribution in [3.05, 3.63) is 173 Å². The van der Waals surface area contributed by atoms with Crippen LogP contribution in [0.3, 0.4) is 0 Å². The molecule has 0 fully saturated rings. The Kier molecular flexibility index (Phi) is 18.8. The molecule has 1 atom stereocenters. The Morgan fingerprint density at radius 2 is 0.699 bits per heavy atom. The highest BCUT2D eigenvalue weighted by Gasteiger charge is 2.11. The van der Waals surface area contributed by atoms with Gasteiger partial charge >= 0.3 is 7.24 Å². The number of carbonyl (C=O) groups is 5. The number of carboxylic acid groups (broad SMARTS) is 5. The van der Waals surface area contributed by atoms with Gasteiger partial charge in [0.1, 0.15) is 17.5 Å². The molecule has 0 spiro atoms. The minimum atomic E-state index is -1.59. The second-order valence-corrected chi connectivity index (χ2v) is 14.7. The smallest absolute Gasteiger partial charge is 0.354 e. The maximum Gasteiger partial charge on any atom is 0.354 e. The largest absolute Gasteiger partial charge is 0.545 e. The van der Waals surface area contributed by atoms with Crippen molar-refractivity contribution in [3.63, 3.8) is 0 Å². The third kappa shape index (κ3) is 15.3. The van der Waals surface area contributed by atoms with Crippen LogP contribution in [0.15, 0.2) is 127 Å². The summed E-state index contributed by atoms with van der Waals surface area (Å²) in [4.78, 5) is 52.7. The number of carbonyl (C=O) groups excluding carboxylic acids is 5. The topological polar surface area (TPSA) is 364 Å². The van der Waals surface area contributed by atoms with Gasteiger partial charge in [-0.15, -0.1) is 39.1 Å². The summed E-state index contributed by atoms with van der Waals surface area (Å²) in [6.07, 6.45) is 0. The van der Waals surface area contributed by atoms with Gasteiger partial charge in [-0.05, 0) is 85.4 Å². The summed E-state index contributed by atoms with van der Waals surface area (Å²) in [7, 11) is -1.22. The van der Waals surface area contributed by atoms with Crippen LogP contribution in [0.4, 0.5) is 17.5 Å². The summed E-state index contributed by atoms with van der Waals surface area (Å²) >= 11 is 0. The number of carboxylic acids is 5. The van der Waals surface area contributed by atoms with E-state index in [0.717, 1.165) is 41.5 Å². The van der Waals surface area contributed by atoms with Crippen molar-refractivity contribution >= 4 is 45.5 Å². The number of rotatable bonds is 11. The summed E-state index contributed by atoms with van der Waals surface area (Å²) in [5, 5.41) is 92.2. The number of aromatic nitrogens is 12. The maximum atomic E-state index is 13.6. The molecule has 0 saturated heterocycles. The Balaban J connectivity index is 0.000000179. The number of aromatic carboxylic acids is 5. The summed E-state index contributed by atoms with van der Waals surface area (Å²) < 4.78 is 57.6. The van der Waals surface area contributed by atoms with E-state index in [2.05, 4.69) is 61.9 Å². The monoisotopic (exact) mass is 1020 g/mol. The van der Waals surface area contributed by atoms with Crippen LogP contribution in [0.5, 0.6) is 0 Å². The quantitative estimate of drug-likeness (QED) is 0.0896. The highest BCUT2D eigenvalue weighted by molar-refractivity contribution is 7.69. The average Bonchev–Trinajstić information content (AvgIpc) is 4.24. The van der Waals surface area contributed by atoms with Gasteiger partial charge in [-0.2, -0.15) is 15.6 Å². The number of hydrogen-bond donors (Lipinski definition) is 3. The fraction of sp³-hybridized carbons (Fsp3) is 0.0222. The number of H-pyrrole nitrogens is 3. The molecule has 0 bridgehead atoms. The first-order valence-corrected chi connectivity index (χ1v) is 21.7. The normalized spacial score (nSPS) is 10.4.